The zero-order valence-corrected chi connectivity index (χ0v) is 10.3. The molecule has 1 aliphatic carbocycles. The summed E-state index contributed by atoms with van der Waals surface area (Å²) in [6, 6.07) is 7.80. The summed E-state index contributed by atoms with van der Waals surface area (Å²) in [4.78, 5) is 18.9. The van der Waals surface area contributed by atoms with Crippen molar-refractivity contribution >= 4 is 10.8 Å². The predicted octanol–water partition coefficient (Wildman–Crippen LogP) is 2.59. The number of fused-ring (bicyclic) bond motifs is 1. The van der Waals surface area contributed by atoms with Crippen LogP contribution in [0.3, 0.4) is 0 Å². The molecule has 3 aromatic rings. The number of imidazole rings is 1. The molecule has 4 nitrogen and oxygen atoms in total. The maximum atomic E-state index is 11.8. The van der Waals surface area contributed by atoms with Gasteiger partial charge < -0.3 is 9.55 Å². The van der Waals surface area contributed by atoms with E-state index in [4.69, 9.17) is 0 Å². The first-order valence-corrected chi connectivity index (χ1v) is 6.47. The van der Waals surface area contributed by atoms with E-state index in [2.05, 4.69) is 16.2 Å². The van der Waals surface area contributed by atoms with Gasteiger partial charge in [0, 0.05) is 29.4 Å². The standard InChI is InChI=1S/C15H13N3O/c19-15-13-7-12(4-3-10(13)5-6-16-15)18-8-14(17-9-18)11-1-2-11/h3-9,11H,1-2H2,(H,16,19). The van der Waals surface area contributed by atoms with E-state index in [1.807, 2.05) is 35.2 Å². The molecule has 0 spiro atoms. The molecular weight excluding hydrogens is 238 g/mol. The highest BCUT2D eigenvalue weighted by molar-refractivity contribution is 5.83. The van der Waals surface area contributed by atoms with Crippen molar-refractivity contribution in [2.24, 2.45) is 0 Å². The Morgan fingerprint density at radius 1 is 1.26 bits per heavy atom. The van der Waals surface area contributed by atoms with Gasteiger partial charge in [0.25, 0.3) is 5.56 Å². The monoisotopic (exact) mass is 251 g/mol. The number of nitrogens with zero attached hydrogens (tertiary/aromatic N) is 2. The molecule has 0 saturated heterocycles. The van der Waals surface area contributed by atoms with Gasteiger partial charge in [0.05, 0.1) is 12.0 Å². The second-order valence-electron chi connectivity index (χ2n) is 5.06. The van der Waals surface area contributed by atoms with E-state index in [0.717, 1.165) is 16.8 Å². The number of H-pyrrole nitrogens is 1. The maximum absolute atomic E-state index is 11.8. The molecule has 2 aromatic heterocycles. The van der Waals surface area contributed by atoms with Crippen molar-refractivity contribution in [2.45, 2.75) is 18.8 Å². The fourth-order valence-electron chi connectivity index (χ4n) is 2.40. The largest absolute Gasteiger partial charge is 0.329 e. The number of nitrogens with one attached hydrogen (secondary N) is 1. The lowest BCUT2D eigenvalue weighted by molar-refractivity contribution is 1.05. The van der Waals surface area contributed by atoms with E-state index in [9.17, 15) is 4.79 Å². The maximum Gasteiger partial charge on any atom is 0.255 e. The van der Waals surface area contributed by atoms with Gasteiger partial charge in [-0.1, -0.05) is 6.07 Å². The number of aromatic nitrogens is 3. The van der Waals surface area contributed by atoms with Crippen LogP contribution in [0, 0.1) is 0 Å². The molecule has 4 heteroatoms. The molecule has 0 atom stereocenters. The van der Waals surface area contributed by atoms with Crippen LogP contribution in [0.15, 0.2) is 47.8 Å². The average Bonchev–Trinajstić information content (AvgIpc) is 3.17. The van der Waals surface area contributed by atoms with Crippen LogP contribution in [0.25, 0.3) is 16.5 Å². The lowest BCUT2D eigenvalue weighted by atomic mass is 10.1. The number of rotatable bonds is 2. The van der Waals surface area contributed by atoms with Gasteiger partial charge in [-0.15, -0.1) is 0 Å². The van der Waals surface area contributed by atoms with Crippen molar-refractivity contribution in [1.29, 1.82) is 0 Å². The minimum atomic E-state index is -0.0538. The minimum Gasteiger partial charge on any atom is -0.329 e. The predicted molar refractivity (Wildman–Crippen MR) is 73.7 cm³/mol. The van der Waals surface area contributed by atoms with Crippen LogP contribution >= 0.6 is 0 Å². The summed E-state index contributed by atoms with van der Waals surface area (Å²) in [7, 11) is 0. The Morgan fingerprint density at radius 2 is 2.16 bits per heavy atom. The third-order valence-electron chi connectivity index (χ3n) is 3.66. The molecule has 1 saturated carbocycles. The Kier molecular flexibility index (Phi) is 2.12. The number of hydrogen-bond acceptors (Lipinski definition) is 2. The Labute approximate surface area is 109 Å². The Hall–Kier alpha value is -2.36. The third-order valence-corrected chi connectivity index (χ3v) is 3.66. The highest BCUT2D eigenvalue weighted by Crippen LogP contribution is 2.39. The number of aromatic amines is 1. The SMILES string of the molecule is O=c1[nH]ccc2ccc(-n3cnc(C4CC4)c3)cc12. The molecule has 0 unspecified atom stereocenters. The lowest BCUT2D eigenvalue weighted by Gasteiger charge is -2.03. The second kappa shape index (κ2) is 3.82. The molecule has 4 rings (SSSR count). The van der Waals surface area contributed by atoms with E-state index in [-0.39, 0.29) is 5.56 Å². The summed E-state index contributed by atoms with van der Waals surface area (Å²) in [5, 5.41) is 1.66. The van der Waals surface area contributed by atoms with Crippen molar-refractivity contribution in [3.05, 3.63) is 59.0 Å². The summed E-state index contributed by atoms with van der Waals surface area (Å²) in [5.41, 5.74) is 2.08. The van der Waals surface area contributed by atoms with Crippen LogP contribution in [-0.2, 0) is 0 Å². The average molecular weight is 251 g/mol. The summed E-state index contributed by atoms with van der Waals surface area (Å²) in [5.74, 6) is 0.644. The van der Waals surface area contributed by atoms with Gasteiger partial charge in [-0.2, -0.15) is 0 Å². The van der Waals surface area contributed by atoms with Gasteiger partial charge in [0.1, 0.15) is 0 Å². The van der Waals surface area contributed by atoms with Gasteiger partial charge in [0.2, 0.25) is 0 Å². The molecule has 1 N–H and O–H groups in total. The van der Waals surface area contributed by atoms with Crippen molar-refractivity contribution in [1.82, 2.24) is 14.5 Å². The van der Waals surface area contributed by atoms with Crippen molar-refractivity contribution < 1.29 is 0 Å². The fourth-order valence-corrected chi connectivity index (χ4v) is 2.40. The molecule has 1 aliphatic rings. The van der Waals surface area contributed by atoms with E-state index < -0.39 is 0 Å². The summed E-state index contributed by atoms with van der Waals surface area (Å²) in [6.07, 6.45) is 8.05. The Bertz CT molecular complexity index is 811. The van der Waals surface area contributed by atoms with E-state index in [1.165, 1.54) is 12.8 Å². The van der Waals surface area contributed by atoms with Crippen LogP contribution in [-0.4, -0.2) is 14.5 Å². The first-order valence-electron chi connectivity index (χ1n) is 6.47. The van der Waals surface area contributed by atoms with Gasteiger partial charge in [-0.25, -0.2) is 4.98 Å². The Balaban J connectivity index is 1.85. The van der Waals surface area contributed by atoms with Crippen LogP contribution in [0.2, 0.25) is 0 Å². The smallest absolute Gasteiger partial charge is 0.255 e. The van der Waals surface area contributed by atoms with Crippen molar-refractivity contribution in [2.75, 3.05) is 0 Å². The fraction of sp³-hybridized carbons (Fsp3) is 0.200. The molecule has 0 radical (unpaired) electrons. The summed E-state index contributed by atoms with van der Waals surface area (Å²) >= 11 is 0. The summed E-state index contributed by atoms with van der Waals surface area (Å²) in [6.45, 7) is 0. The number of benzene rings is 1. The van der Waals surface area contributed by atoms with Gasteiger partial charge in [0.15, 0.2) is 0 Å². The highest BCUT2D eigenvalue weighted by atomic mass is 16.1. The van der Waals surface area contributed by atoms with Gasteiger partial charge in [-0.05, 0) is 36.4 Å². The minimum absolute atomic E-state index is 0.0538. The zero-order chi connectivity index (χ0) is 12.8. The van der Waals surface area contributed by atoms with Gasteiger partial charge in [-0.3, -0.25) is 4.79 Å². The normalized spacial score (nSPS) is 14.9. The highest BCUT2D eigenvalue weighted by Gasteiger charge is 2.25. The lowest BCUT2D eigenvalue weighted by Crippen LogP contribution is -2.05. The molecule has 0 aliphatic heterocycles. The molecule has 2 heterocycles. The van der Waals surface area contributed by atoms with E-state index in [1.54, 1.807) is 6.20 Å². The zero-order valence-electron chi connectivity index (χ0n) is 10.3. The quantitative estimate of drug-likeness (QED) is 0.761. The number of hydrogen-bond donors (Lipinski definition) is 1. The Morgan fingerprint density at radius 3 is 3.00 bits per heavy atom. The van der Waals surface area contributed by atoms with E-state index in [0.29, 0.717) is 11.3 Å². The van der Waals surface area contributed by atoms with Gasteiger partial charge >= 0.3 is 0 Å². The summed E-state index contributed by atoms with van der Waals surface area (Å²) < 4.78 is 1.99. The first kappa shape index (κ1) is 10.6. The molecule has 1 aromatic carbocycles. The molecule has 1 fully saturated rings. The second-order valence-corrected chi connectivity index (χ2v) is 5.06. The number of pyridine rings is 1. The van der Waals surface area contributed by atoms with E-state index >= 15 is 0 Å². The molecule has 19 heavy (non-hydrogen) atoms. The topological polar surface area (TPSA) is 50.7 Å². The molecule has 0 bridgehead atoms. The van der Waals surface area contributed by atoms with Crippen molar-refractivity contribution in [3.63, 3.8) is 0 Å². The van der Waals surface area contributed by atoms with Crippen LogP contribution in [0.1, 0.15) is 24.5 Å². The third kappa shape index (κ3) is 1.76. The molecule has 0 amide bonds. The van der Waals surface area contributed by atoms with Crippen molar-refractivity contribution in [3.8, 4) is 5.69 Å². The van der Waals surface area contributed by atoms with Crippen LogP contribution in [0.5, 0.6) is 0 Å². The molecule has 94 valence electrons. The van der Waals surface area contributed by atoms with Crippen LogP contribution < -0.4 is 5.56 Å². The molecular formula is C15H13N3O. The first-order chi connectivity index (χ1) is 9.31. The van der Waals surface area contributed by atoms with Crippen LogP contribution in [0.4, 0.5) is 0 Å².